The van der Waals surface area contributed by atoms with E-state index in [2.05, 4.69) is 27.2 Å². The highest BCUT2D eigenvalue weighted by molar-refractivity contribution is 6.42. The highest BCUT2D eigenvalue weighted by atomic mass is 35.5. The molecule has 5 nitrogen and oxygen atoms in total. The van der Waals surface area contributed by atoms with Crippen LogP contribution in [0.15, 0.2) is 18.2 Å². The second-order valence-electron chi connectivity index (χ2n) is 4.25. The molecule has 2 rings (SSSR count). The largest absolute Gasteiger partial charge is 0.368 e. The second kappa shape index (κ2) is 6.72. The predicted octanol–water partition coefficient (Wildman–Crippen LogP) is 3.64. The van der Waals surface area contributed by atoms with Crippen molar-refractivity contribution >= 4 is 35.1 Å². The van der Waals surface area contributed by atoms with Gasteiger partial charge in [0.05, 0.1) is 10.0 Å². The van der Waals surface area contributed by atoms with E-state index < -0.39 is 0 Å². The fourth-order valence-corrected chi connectivity index (χ4v) is 1.91. The first-order valence-corrected chi connectivity index (χ1v) is 7.06. The van der Waals surface area contributed by atoms with E-state index in [4.69, 9.17) is 28.9 Å². The summed E-state index contributed by atoms with van der Waals surface area (Å²) < 4.78 is 0. The molecule has 3 N–H and O–H groups in total. The quantitative estimate of drug-likeness (QED) is 0.824. The van der Waals surface area contributed by atoms with Crippen molar-refractivity contribution < 1.29 is 0 Å². The third kappa shape index (κ3) is 3.71. The molecule has 0 radical (unpaired) electrons. The minimum atomic E-state index is 0.167. The predicted molar refractivity (Wildman–Crippen MR) is 83.1 cm³/mol. The number of nitrogen functional groups attached to an aromatic ring is 1. The van der Waals surface area contributed by atoms with Crippen LogP contribution in [0.2, 0.25) is 10.0 Å². The van der Waals surface area contributed by atoms with Crippen molar-refractivity contribution in [2.45, 2.75) is 19.8 Å². The number of hydrogen-bond donors (Lipinski definition) is 2. The van der Waals surface area contributed by atoms with Gasteiger partial charge in [0.1, 0.15) is 0 Å². The van der Waals surface area contributed by atoms with Crippen molar-refractivity contribution in [3.63, 3.8) is 0 Å². The summed E-state index contributed by atoms with van der Waals surface area (Å²) in [4.78, 5) is 12.5. The Morgan fingerprint density at radius 3 is 2.65 bits per heavy atom. The number of halogens is 2. The minimum Gasteiger partial charge on any atom is -0.368 e. The van der Waals surface area contributed by atoms with Gasteiger partial charge in [0.25, 0.3) is 0 Å². The fourth-order valence-electron chi connectivity index (χ4n) is 1.61. The fraction of sp³-hybridized carbons (Fsp3) is 0.308. The summed E-state index contributed by atoms with van der Waals surface area (Å²) in [5.74, 6) is 1.10. The van der Waals surface area contributed by atoms with Crippen LogP contribution in [-0.4, -0.2) is 21.5 Å². The van der Waals surface area contributed by atoms with E-state index in [0.717, 1.165) is 24.9 Å². The van der Waals surface area contributed by atoms with E-state index in [1.807, 2.05) is 0 Å². The van der Waals surface area contributed by atoms with E-state index in [1.165, 1.54) is 0 Å². The molecular formula is C13H15Cl2N5. The lowest BCUT2D eigenvalue weighted by atomic mass is 10.2. The van der Waals surface area contributed by atoms with Gasteiger partial charge < -0.3 is 11.1 Å². The summed E-state index contributed by atoms with van der Waals surface area (Å²) in [5.41, 5.74) is 6.45. The molecule has 0 aliphatic carbocycles. The van der Waals surface area contributed by atoms with Crippen LogP contribution in [0, 0.1) is 0 Å². The molecule has 2 aromatic rings. The molecule has 1 aromatic carbocycles. The number of unbranched alkanes of at least 4 members (excludes halogenated alkanes) is 1. The van der Waals surface area contributed by atoms with Gasteiger partial charge >= 0.3 is 0 Å². The van der Waals surface area contributed by atoms with E-state index in [0.29, 0.717) is 21.8 Å². The number of nitrogens with two attached hydrogens (primary N) is 1. The lowest BCUT2D eigenvalue weighted by Crippen LogP contribution is -2.09. The molecule has 20 heavy (non-hydrogen) atoms. The van der Waals surface area contributed by atoms with Crippen molar-refractivity contribution in [3.05, 3.63) is 28.2 Å². The SMILES string of the molecule is CCCCNc1nc(N)nc(-c2ccc(Cl)c(Cl)c2)n1. The average Bonchev–Trinajstić information content (AvgIpc) is 2.41. The zero-order valence-corrected chi connectivity index (χ0v) is 12.5. The molecule has 106 valence electrons. The van der Waals surface area contributed by atoms with Gasteiger partial charge in [-0.3, -0.25) is 0 Å². The summed E-state index contributed by atoms with van der Waals surface area (Å²) in [6.07, 6.45) is 2.13. The molecule has 0 aliphatic rings. The highest BCUT2D eigenvalue weighted by Gasteiger charge is 2.08. The highest BCUT2D eigenvalue weighted by Crippen LogP contribution is 2.27. The summed E-state index contributed by atoms with van der Waals surface area (Å²) >= 11 is 11.9. The van der Waals surface area contributed by atoms with Gasteiger partial charge in [-0.25, -0.2) is 0 Å². The number of rotatable bonds is 5. The van der Waals surface area contributed by atoms with Crippen molar-refractivity contribution in [3.8, 4) is 11.4 Å². The van der Waals surface area contributed by atoms with Crippen LogP contribution < -0.4 is 11.1 Å². The summed E-state index contributed by atoms with van der Waals surface area (Å²) in [6.45, 7) is 2.91. The minimum absolute atomic E-state index is 0.167. The Morgan fingerprint density at radius 2 is 1.95 bits per heavy atom. The molecule has 0 saturated carbocycles. The maximum absolute atomic E-state index is 6.00. The van der Waals surface area contributed by atoms with E-state index >= 15 is 0 Å². The van der Waals surface area contributed by atoms with Gasteiger partial charge in [-0.2, -0.15) is 15.0 Å². The van der Waals surface area contributed by atoms with Crippen LogP contribution in [-0.2, 0) is 0 Å². The standard InChI is InChI=1S/C13H15Cl2N5/c1-2-3-6-17-13-19-11(18-12(16)20-13)8-4-5-9(14)10(15)7-8/h4-5,7H,2-3,6H2,1H3,(H3,16,17,18,19,20). The Morgan fingerprint density at radius 1 is 1.15 bits per heavy atom. The van der Waals surface area contributed by atoms with Gasteiger partial charge in [0.15, 0.2) is 5.82 Å². The van der Waals surface area contributed by atoms with Gasteiger partial charge in [-0.15, -0.1) is 0 Å². The Labute approximate surface area is 127 Å². The molecule has 0 bridgehead atoms. The van der Waals surface area contributed by atoms with Gasteiger partial charge in [0.2, 0.25) is 11.9 Å². The molecule has 0 saturated heterocycles. The summed E-state index contributed by atoms with van der Waals surface area (Å²) in [5, 5.41) is 4.05. The first kappa shape index (κ1) is 14.8. The van der Waals surface area contributed by atoms with Crippen molar-refractivity contribution in [1.29, 1.82) is 0 Å². The maximum Gasteiger partial charge on any atom is 0.228 e. The first-order chi connectivity index (χ1) is 9.60. The van der Waals surface area contributed by atoms with Gasteiger partial charge in [-0.05, 0) is 24.6 Å². The summed E-state index contributed by atoms with van der Waals surface area (Å²) in [6, 6.07) is 5.19. The molecule has 1 aromatic heterocycles. The zero-order valence-electron chi connectivity index (χ0n) is 11.0. The van der Waals surface area contributed by atoms with E-state index in [-0.39, 0.29) is 5.95 Å². The van der Waals surface area contributed by atoms with Crippen molar-refractivity contribution in [2.24, 2.45) is 0 Å². The molecule has 0 fully saturated rings. The van der Waals surface area contributed by atoms with Crippen LogP contribution in [0.4, 0.5) is 11.9 Å². The molecule has 0 atom stereocenters. The number of benzene rings is 1. The Bertz CT molecular complexity index is 603. The third-order valence-electron chi connectivity index (χ3n) is 2.64. The maximum atomic E-state index is 6.00. The van der Waals surface area contributed by atoms with E-state index in [1.54, 1.807) is 18.2 Å². The molecule has 1 heterocycles. The Balaban J connectivity index is 2.28. The lowest BCUT2D eigenvalue weighted by Gasteiger charge is -2.07. The monoisotopic (exact) mass is 311 g/mol. The smallest absolute Gasteiger partial charge is 0.228 e. The Kier molecular flexibility index (Phi) is 4.98. The molecular weight excluding hydrogens is 297 g/mol. The van der Waals surface area contributed by atoms with Crippen molar-refractivity contribution in [1.82, 2.24) is 15.0 Å². The van der Waals surface area contributed by atoms with Crippen molar-refractivity contribution in [2.75, 3.05) is 17.6 Å². The molecule has 0 aliphatic heterocycles. The molecule has 7 heteroatoms. The van der Waals surface area contributed by atoms with Crippen LogP contribution in [0.5, 0.6) is 0 Å². The zero-order chi connectivity index (χ0) is 14.5. The topological polar surface area (TPSA) is 76.7 Å². The van der Waals surface area contributed by atoms with Gasteiger partial charge in [0, 0.05) is 12.1 Å². The lowest BCUT2D eigenvalue weighted by molar-refractivity contribution is 0.825. The number of nitrogens with one attached hydrogen (secondary N) is 1. The summed E-state index contributed by atoms with van der Waals surface area (Å²) in [7, 11) is 0. The van der Waals surface area contributed by atoms with Crippen LogP contribution in [0.1, 0.15) is 19.8 Å². The van der Waals surface area contributed by atoms with Crippen LogP contribution >= 0.6 is 23.2 Å². The first-order valence-electron chi connectivity index (χ1n) is 6.31. The number of nitrogens with zero attached hydrogens (tertiary/aromatic N) is 3. The van der Waals surface area contributed by atoms with Crippen LogP contribution in [0.25, 0.3) is 11.4 Å². The Hall–Kier alpha value is -1.59. The molecule has 0 amide bonds. The number of anilines is 2. The second-order valence-corrected chi connectivity index (χ2v) is 5.06. The van der Waals surface area contributed by atoms with E-state index in [9.17, 15) is 0 Å². The number of aromatic nitrogens is 3. The van der Waals surface area contributed by atoms with Gasteiger partial charge in [-0.1, -0.05) is 36.5 Å². The normalized spacial score (nSPS) is 10.6. The molecule has 0 unspecified atom stereocenters. The third-order valence-corrected chi connectivity index (χ3v) is 3.38. The number of hydrogen-bond acceptors (Lipinski definition) is 5. The van der Waals surface area contributed by atoms with Crippen LogP contribution in [0.3, 0.4) is 0 Å². The average molecular weight is 312 g/mol. The molecule has 0 spiro atoms.